The number of nitrogens with one attached hydrogen (secondary N) is 1. The third-order valence-corrected chi connectivity index (χ3v) is 8.17. The summed E-state index contributed by atoms with van der Waals surface area (Å²) < 4.78 is 23.4. The summed E-state index contributed by atoms with van der Waals surface area (Å²) in [6.45, 7) is 0.886. The van der Waals surface area contributed by atoms with E-state index in [4.69, 9.17) is 27.9 Å². The van der Waals surface area contributed by atoms with Crippen LogP contribution >= 0.6 is 34.5 Å². The normalized spacial score (nSPS) is 15.4. The maximum Gasteiger partial charge on any atom is 0.264 e. The van der Waals surface area contributed by atoms with Gasteiger partial charge < -0.3 is 15.0 Å². The standard InChI is InChI=1S/C27H22Cl2FN7O3S/c1-35-27-19(25(33-35)18-4-2-3-5-20(18)30)11-23(41-27)26(39)36-6-7-40-22(13-36)21-12-37(34-32-21)14-24(38)31-17-9-15(28)8-16(29)10-17/h2-5,8-12,22H,6-7,13-14H2,1H3,(H,31,38). The Morgan fingerprint density at radius 2 is 1.95 bits per heavy atom. The Bertz CT molecular complexity index is 1770. The number of rotatable bonds is 6. The van der Waals surface area contributed by atoms with Crippen LogP contribution in [0.2, 0.25) is 10.0 Å². The molecule has 2 aromatic carbocycles. The molecule has 1 aliphatic heterocycles. The lowest BCUT2D eigenvalue weighted by Gasteiger charge is -2.31. The maximum absolute atomic E-state index is 14.5. The van der Waals surface area contributed by atoms with Gasteiger partial charge in [0.25, 0.3) is 5.91 Å². The lowest BCUT2D eigenvalue weighted by Crippen LogP contribution is -2.42. The molecule has 0 spiro atoms. The lowest BCUT2D eigenvalue weighted by atomic mass is 10.1. The summed E-state index contributed by atoms with van der Waals surface area (Å²) in [6, 6.07) is 13.0. The summed E-state index contributed by atoms with van der Waals surface area (Å²) in [7, 11) is 1.77. The number of ether oxygens (including phenoxy) is 1. The van der Waals surface area contributed by atoms with Crippen LogP contribution in [0.1, 0.15) is 21.5 Å². The number of thiophene rings is 1. The summed E-state index contributed by atoms with van der Waals surface area (Å²) in [5.74, 6) is -0.872. The molecule has 10 nitrogen and oxygen atoms in total. The minimum atomic E-state index is -0.513. The molecule has 0 saturated carbocycles. The molecule has 0 aliphatic carbocycles. The Balaban J connectivity index is 1.14. The lowest BCUT2D eigenvalue weighted by molar-refractivity contribution is -0.116. The number of carbonyl (C=O) groups is 2. The monoisotopic (exact) mass is 613 g/mol. The zero-order valence-electron chi connectivity index (χ0n) is 21.6. The van der Waals surface area contributed by atoms with Crippen molar-refractivity contribution in [3.05, 3.63) is 81.2 Å². The molecular formula is C27H22Cl2FN7O3S. The molecule has 0 bridgehead atoms. The van der Waals surface area contributed by atoms with E-state index in [0.29, 0.717) is 50.7 Å². The van der Waals surface area contributed by atoms with Crippen molar-refractivity contribution in [1.29, 1.82) is 0 Å². The highest BCUT2D eigenvalue weighted by molar-refractivity contribution is 7.20. The molecule has 41 heavy (non-hydrogen) atoms. The van der Waals surface area contributed by atoms with Crippen molar-refractivity contribution in [2.75, 3.05) is 25.0 Å². The molecule has 3 aromatic heterocycles. The largest absolute Gasteiger partial charge is 0.368 e. The van der Waals surface area contributed by atoms with Gasteiger partial charge in [-0.15, -0.1) is 16.4 Å². The SMILES string of the molecule is Cn1nc(-c2ccccc2F)c2cc(C(=O)N3CCOC(c4cn(CC(=O)Nc5cc(Cl)cc(Cl)c5)nn4)C3)sc21. The van der Waals surface area contributed by atoms with Crippen molar-refractivity contribution >= 4 is 62.3 Å². The maximum atomic E-state index is 14.5. The zero-order chi connectivity index (χ0) is 28.7. The number of nitrogens with zero attached hydrogens (tertiary/aromatic N) is 6. The highest BCUT2D eigenvalue weighted by Gasteiger charge is 2.30. The second-order valence-electron chi connectivity index (χ2n) is 9.44. The van der Waals surface area contributed by atoms with Gasteiger partial charge in [-0.3, -0.25) is 14.3 Å². The zero-order valence-corrected chi connectivity index (χ0v) is 23.9. The summed E-state index contributed by atoms with van der Waals surface area (Å²) in [5, 5.41) is 17.0. The topological polar surface area (TPSA) is 107 Å². The summed E-state index contributed by atoms with van der Waals surface area (Å²) in [5.41, 5.74) is 1.85. The number of carbonyl (C=O) groups excluding carboxylic acids is 2. The van der Waals surface area contributed by atoms with Crippen molar-refractivity contribution in [2.24, 2.45) is 7.05 Å². The van der Waals surface area contributed by atoms with Crippen molar-refractivity contribution < 1.29 is 18.7 Å². The van der Waals surface area contributed by atoms with Gasteiger partial charge in [0.2, 0.25) is 5.91 Å². The van der Waals surface area contributed by atoms with E-state index in [2.05, 4.69) is 20.7 Å². The van der Waals surface area contributed by atoms with Crippen LogP contribution in [0.3, 0.4) is 0 Å². The Morgan fingerprint density at radius 3 is 2.73 bits per heavy atom. The van der Waals surface area contributed by atoms with Crippen LogP contribution in [0.15, 0.2) is 54.7 Å². The number of aromatic nitrogens is 5. The van der Waals surface area contributed by atoms with Gasteiger partial charge in [-0.25, -0.2) is 9.07 Å². The van der Waals surface area contributed by atoms with E-state index in [1.165, 1.54) is 22.1 Å². The van der Waals surface area contributed by atoms with E-state index >= 15 is 0 Å². The average Bonchev–Trinajstić information content (AvgIpc) is 3.65. The molecule has 210 valence electrons. The first kappa shape index (κ1) is 27.3. The molecule has 4 heterocycles. The average molecular weight is 614 g/mol. The van der Waals surface area contributed by atoms with Crippen LogP contribution in [-0.2, 0) is 23.1 Å². The van der Waals surface area contributed by atoms with Gasteiger partial charge in [0, 0.05) is 40.3 Å². The Labute approximate surface area is 247 Å². The van der Waals surface area contributed by atoms with Crippen molar-refractivity contribution in [2.45, 2.75) is 12.6 Å². The number of benzene rings is 2. The second-order valence-corrected chi connectivity index (χ2v) is 11.3. The Kier molecular flexibility index (Phi) is 7.47. The molecule has 1 saturated heterocycles. The first-order chi connectivity index (χ1) is 19.7. The van der Waals surface area contributed by atoms with E-state index in [0.717, 1.165) is 10.2 Å². The third kappa shape index (κ3) is 5.68. The van der Waals surface area contributed by atoms with Crippen LogP contribution in [0.5, 0.6) is 0 Å². The van der Waals surface area contributed by atoms with E-state index in [9.17, 15) is 14.0 Å². The Hall–Kier alpha value is -3.84. The van der Waals surface area contributed by atoms with Gasteiger partial charge in [0.15, 0.2) is 0 Å². The first-order valence-corrected chi connectivity index (χ1v) is 14.1. The molecule has 1 fully saturated rings. The molecular weight excluding hydrogens is 592 g/mol. The first-order valence-electron chi connectivity index (χ1n) is 12.5. The smallest absolute Gasteiger partial charge is 0.264 e. The molecule has 1 unspecified atom stereocenters. The minimum Gasteiger partial charge on any atom is -0.368 e. The number of amides is 2. The number of hydrogen-bond donors (Lipinski definition) is 1. The molecule has 2 amide bonds. The predicted octanol–water partition coefficient (Wildman–Crippen LogP) is 5.19. The highest BCUT2D eigenvalue weighted by Crippen LogP contribution is 2.35. The molecule has 1 aliphatic rings. The fraction of sp³-hybridized carbons (Fsp3) is 0.222. The van der Waals surface area contributed by atoms with Gasteiger partial charge in [-0.1, -0.05) is 40.5 Å². The molecule has 14 heteroatoms. The molecule has 6 rings (SSSR count). The van der Waals surface area contributed by atoms with E-state index < -0.39 is 6.10 Å². The van der Waals surface area contributed by atoms with Crippen LogP contribution < -0.4 is 5.32 Å². The second kappa shape index (κ2) is 11.2. The predicted molar refractivity (Wildman–Crippen MR) is 154 cm³/mol. The van der Waals surface area contributed by atoms with Crippen LogP contribution in [0.25, 0.3) is 21.5 Å². The van der Waals surface area contributed by atoms with Crippen LogP contribution in [0.4, 0.5) is 10.1 Å². The summed E-state index contributed by atoms with van der Waals surface area (Å²) >= 11 is 13.3. The molecule has 1 N–H and O–H groups in total. The van der Waals surface area contributed by atoms with E-state index in [1.807, 2.05) is 0 Å². The number of fused-ring (bicyclic) bond motifs is 1. The number of halogens is 3. The van der Waals surface area contributed by atoms with Gasteiger partial charge >= 0.3 is 0 Å². The van der Waals surface area contributed by atoms with Gasteiger partial charge in [-0.05, 0) is 36.4 Å². The molecule has 5 aromatic rings. The summed E-state index contributed by atoms with van der Waals surface area (Å²) in [4.78, 5) is 29.0. The van der Waals surface area contributed by atoms with E-state index in [1.54, 1.807) is 65.3 Å². The van der Waals surface area contributed by atoms with Gasteiger partial charge in [0.05, 0.1) is 24.2 Å². The number of anilines is 1. The van der Waals surface area contributed by atoms with Crippen molar-refractivity contribution in [1.82, 2.24) is 29.7 Å². The van der Waals surface area contributed by atoms with E-state index in [-0.39, 0.29) is 30.7 Å². The minimum absolute atomic E-state index is 0.0906. The Morgan fingerprint density at radius 1 is 1.17 bits per heavy atom. The van der Waals surface area contributed by atoms with Crippen molar-refractivity contribution in [3.63, 3.8) is 0 Å². The van der Waals surface area contributed by atoms with Crippen molar-refractivity contribution in [3.8, 4) is 11.3 Å². The fourth-order valence-electron chi connectivity index (χ4n) is 4.68. The number of aryl methyl sites for hydroxylation is 1. The summed E-state index contributed by atoms with van der Waals surface area (Å²) in [6.07, 6.45) is 1.11. The highest BCUT2D eigenvalue weighted by atomic mass is 35.5. The van der Waals surface area contributed by atoms with Crippen LogP contribution in [0, 0.1) is 5.82 Å². The van der Waals surface area contributed by atoms with Crippen LogP contribution in [-0.4, -0.2) is 61.2 Å². The molecule has 0 radical (unpaired) electrons. The quantitative estimate of drug-likeness (QED) is 0.282. The third-order valence-electron chi connectivity index (χ3n) is 6.54. The fourth-order valence-corrected chi connectivity index (χ4v) is 6.24. The van der Waals surface area contributed by atoms with Gasteiger partial charge in [-0.2, -0.15) is 5.10 Å². The number of morpholine rings is 1. The molecule has 1 atom stereocenters. The number of hydrogen-bond acceptors (Lipinski definition) is 7. The van der Waals surface area contributed by atoms with Gasteiger partial charge in [0.1, 0.15) is 34.7 Å².